The third-order valence-corrected chi connectivity index (χ3v) is 3.51. The molecule has 0 amide bonds. The van der Waals surface area contributed by atoms with Gasteiger partial charge in [-0.3, -0.25) is 4.98 Å². The number of thiazole rings is 1. The summed E-state index contributed by atoms with van der Waals surface area (Å²) in [6.45, 7) is 2.01. The van der Waals surface area contributed by atoms with Crippen molar-refractivity contribution in [1.29, 1.82) is 0 Å². The number of rotatable bonds is 2. The van der Waals surface area contributed by atoms with E-state index < -0.39 is 0 Å². The predicted octanol–water partition coefficient (Wildman–Crippen LogP) is 3.39. The fourth-order valence-corrected chi connectivity index (χ4v) is 2.50. The van der Waals surface area contributed by atoms with E-state index in [1.165, 1.54) is 18.5 Å². The van der Waals surface area contributed by atoms with E-state index in [4.69, 9.17) is 0 Å². The Bertz CT molecular complexity index is 486. The normalized spacial score (nSPS) is 15.5. The van der Waals surface area contributed by atoms with Gasteiger partial charge in [-0.2, -0.15) is 0 Å². The molecular formula is C12H12N2S. The minimum atomic E-state index is 0.736. The Morgan fingerprint density at radius 2 is 2.13 bits per heavy atom. The maximum absolute atomic E-state index is 4.64. The van der Waals surface area contributed by atoms with Crippen LogP contribution in [0.3, 0.4) is 0 Å². The van der Waals surface area contributed by atoms with Gasteiger partial charge in [0.2, 0.25) is 0 Å². The van der Waals surface area contributed by atoms with Crippen molar-refractivity contribution in [1.82, 2.24) is 9.97 Å². The van der Waals surface area contributed by atoms with Crippen LogP contribution in [-0.2, 0) is 0 Å². The first-order valence-electron chi connectivity index (χ1n) is 5.22. The fraction of sp³-hybridized carbons (Fsp3) is 0.333. The molecule has 2 aromatic heterocycles. The summed E-state index contributed by atoms with van der Waals surface area (Å²) in [4.78, 5) is 9.12. The van der Waals surface area contributed by atoms with Crippen molar-refractivity contribution < 1.29 is 0 Å². The van der Waals surface area contributed by atoms with Gasteiger partial charge in [-0.25, -0.2) is 4.98 Å². The van der Waals surface area contributed by atoms with Crippen LogP contribution in [0.25, 0.3) is 10.7 Å². The van der Waals surface area contributed by atoms with E-state index in [-0.39, 0.29) is 0 Å². The van der Waals surface area contributed by atoms with E-state index in [1.54, 1.807) is 11.3 Å². The Morgan fingerprint density at radius 3 is 2.87 bits per heavy atom. The van der Waals surface area contributed by atoms with Crippen LogP contribution in [0.15, 0.2) is 23.6 Å². The summed E-state index contributed by atoms with van der Waals surface area (Å²) in [5, 5.41) is 3.23. The molecule has 2 nitrogen and oxygen atoms in total. The Labute approximate surface area is 93.0 Å². The minimum Gasteiger partial charge on any atom is -0.251 e. The van der Waals surface area contributed by atoms with Crippen LogP contribution in [-0.4, -0.2) is 9.97 Å². The summed E-state index contributed by atoms with van der Waals surface area (Å²) in [5.74, 6) is 0.736. The van der Waals surface area contributed by atoms with Gasteiger partial charge in [0.25, 0.3) is 0 Å². The molecule has 1 aliphatic rings. The van der Waals surface area contributed by atoms with Gasteiger partial charge in [0.15, 0.2) is 0 Å². The van der Waals surface area contributed by atoms with Gasteiger partial charge in [0, 0.05) is 17.0 Å². The van der Waals surface area contributed by atoms with Gasteiger partial charge in [-0.15, -0.1) is 11.3 Å². The van der Waals surface area contributed by atoms with Crippen molar-refractivity contribution in [3.63, 3.8) is 0 Å². The first-order chi connectivity index (χ1) is 7.33. The highest BCUT2D eigenvalue weighted by molar-refractivity contribution is 7.13. The summed E-state index contributed by atoms with van der Waals surface area (Å²) in [7, 11) is 0. The van der Waals surface area contributed by atoms with Crippen molar-refractivity contribution in [2.24, 2.45) is 0 Å². The topological polar surface area (TPSA) is 25.8 Å². The fourth-order valence-electron chi connectivity index (χ4n) is 1.63. The molecule has 2 aromatic rings. The molecule has 0 spiro atoms. The van der Waals surface area contributed by atoms with Crippen molar-refractivity contribution in [2.75, 3.05) is 0 Å². The third-order valence-electron chi connectivity index (χ3n) is 2.63. The molecule has 0 atom stereocenters. The molecular weight excluding hydrogens is 204 g/mol. The molecule has 0 bridgehead atoms. The van der Waals surface area contributed by atoms with Gasteiger partial charge in [-0.05, 0) is 31.9 Å². The van der Waals surface area contributed by atoms with E-state index in [2.05, 4.69) is 15.3 Å². The maximum atomic E-state index is 4.64. The van der Waals surface area contributed by atoms with E-state index in [1.807, 2.05) is 25.1 Å². The highest BCUT2D eigenvalue weighted by Crippen LogP contribution is 2.41. The zero-order valence-electron chi connectivity index (χ0n) is 8.60. The largest absolute Gasteiger partial charge is 0.251 e. The second-order valence-corrected chi connectivity index (χ2v) is 4.87. The molecule has 2 heterocycles. The quantitative estimate of drug-likeness (QED) is 0.769. The Balaban J connectivity index is 1.97. The summed E-state index contributed by atoms with van der Waals surface area (Å²) < 4.78 is 0. The standard InChI is InChI=1S/C12H12N2S/c1-8-3-2-4-10(13-8)12-14-11(7-15-12)9-5-6-9/h2-4,7,9H,5-6H2,1H3. The van der Waals surface area contributed by atoms with Crippen LogP contribution in [0.1, 0.15) is 30.1 Å². The van der Waals surface area contributed by atoms with Crippen LogP contribution in [0.5, 0.6) is 0 Å². The molecule has 3 heteroatoms. The van der Waals surface area contributed by atoms with Crippen molar-refractivity contribution in [2.45, 2.75) is 25.7 Å². The zero-order valence-corrected chi connectivity index (χ0v) is 9.42. The molecule has 76 valence electrons. The van der Waals surface area contributed by atoms with Crippen LogP contribution < -0.4 is 0 Å². The summed E-state index contributed by atoms with van der Waals surface area (Å²) in [5.41, 5.74) is 3.32. The van der Waals surface area contributed by atoms with Gasteiger partial charge >= 0.3 is 0 Å². The summed E-state index contributed by atoms with van der Waals surface area (Å²) in [6, 6.07) is 6.08. The van der Waals surface area contributed by atoms with E-state index >= 15 is 0 Å². The lowest BCUT2D eigenvalue weighted by molar-refractivity contribution is 1.05. The highest BCUT2D eigenvalue weighted by Gasteiger charge is 2.26. The average Bonchev–Trinajstić information content (AvgIpc) is 2.97. The molecule has 0 saturated heterocycles. The lowest BCUT2D eigenvalue weighted by atomic mass is 10.3. The second kappa shape index (κ2) is 3.42. The number of hydrogen-bond acceptors (Lipinski definition) is 3. The predicted molar refractivity (Wildman–Crippen MR) is 62.1 cm³/mol. The lowest BCUT2D eigenvalue weighted by Gasteiger charge is -1.96. The summed E-state index contributed by atoms with van der Waals surface area (Å²) in [6.07, 6.45) is 2.62. The maximum Gasteiger partial charge on any atom is 0.142 e. The minimum absolute atomic E-state index is 0.736. The number of hydrogen-bond donors (Lipinski definition) is 0. The number of pyridine rings is 1. The molecule has 0 N–H and O–H groups in total. The van der Waals surface area contributed by atoms with E-state index in [9.17, 15) is 0 Å². The Morgan fingerprint density at radius 1 is 1.27 bits per heavy atom. The second-order valence-electron chi connectivity index (χ2n) is 4.02. The molecule has 1 aliphatic carbocycles. The molecule has 3 rings (SSSR count). The van der Waals surface area contributed by atoms with E-state index in [0.717, 1.165) is 22.3 Å². The van der Waals surface area contributed by atoms with Crippen molar-refractivity contribution in [3.05, 3.63) is 35.0 Å². The smallest absolute Gasteiger partial charge is 0.142 e. The SMILES string of the molecule is Cc1cccc(-c2nc(C3CC3)cs2)n1. The average molecular weight is 216 g/mol. The molecule has 1 saturated carbocycles. The van der Waals surface area contributed by atoms with Crippen LogP contribution >= 0.6 is 11.3 Å². The van der Waals surface area contributed by atoms with Crippen LogP contribution in [0, 0.1) is 6.92 Å². The van der Waals surface area contributed by atoms with Gasteiger partial charge in [0.05, 0.1) is 11.4 Å². The number of nitrogens with zero attached hydrogens (tertiary/aromatic N) is 2. The number of aromatic nitrogens is 2. The molecule has 1 fully saturated rings. The molecule has 0 radical (unpaired) electrons. The van der Waals surface area contributed by atoms with Crippen LogP contribution in [0.4, 0.5) is 0 Å². The lowest BCUT2D eigenvalue weighted by Crippen LogP contribution is -1.86. The van der Waals surface area contributed by atoms with Crippen molar-refractivity contribution in [3.8, 4) is 10.7 Å². The number of aryl methyl sites for hydroxylation is 1. The zero-order chi connectivity index (χ0) is 10.3. The summed E-state index contributed by atoms with van der Waals surface area (Å²) >= 11 is 1.71. The monoisotopic (exact) mass is 216 g/mol. The van der Waals surface area contributed by atoms with Gasteiger partial charge in [-0.1, -0.05) is 6.07 Å². The van der Waals surface area contributed by atoms with E-state index in [0.29, 0.717) is 0 Å². The van der Waals surface area contributed by atoms with Gasteiger partial charge in [0.1, 0.15) is 5.01 Å². The van der Waals surface area contributed by atoms with Gasteiger partial charge < -0.3 is 0 Å². The Kier molecular flexibility index (Phi) is 2.06. The first kappa shape index (κ1) is 9.04. The Hall–Kier alpha value is -1.22. The molecule has 0 aromatic carbocycles. The molecule has 15 heavy (non-hydrogen) atoms. The molecule has 0 unspecified atom stereocenters. The molecule has 0 aliphatic heterocycles. The van der Waals surface area contributed by atoms with Crippen molar-refractivity contribution >= 4 is 11.3 Å². The first-order valence-corrected chi connectivity index (χ1v) is 6.10. The third kappa shape index (κ3) is 1.79. The van der Waals surface area contributed by atoms with Crippen LogP contribution in [0.2, 0.25) is 0 Å². The highest BCUT2D eigenvalue weighted by atomic mass is 32.1.